The topological polar surface area (TPSA) is 86.8 Å². The van der Waals surface area contributed by atoms with Crippen molar-refractivity contribution >= 4 is 39.1 Å². The number of benzene rings is 2. The molecule has 2 amide bonds. The lowest BCUT2D eigenvalue weighted by molar-refractivity contribution is -0.139. The third-order valence-electron chi connectivity index (χ3n) is 9.90. The van der Waals surface area contributed by atoms with Crippen LogP contribution in [0.15, 0.2) is 48.5 Å². The number of anilines is 1. The molecule has 6 rings (SSSR count). The van der Waals surface area contributed by atoms with Gasteiger partial charge in [-0.1, -0.05) is 42.8 Å². The van der Waals surface area contributed by atoms with Crippen molar-refractivity contribution in [2.45, 2.75) is 89.8 Å². The first-order valence-electron chi connectivity index (χ1n) is 15.3. The lowest BCUT2D eigenvalue weighted by Gasteiger charge is -2.57. The van der Waals surface area contributed by atoms with Gasteiger partial charge in [-0.05, 0) is 117 Å². The van der Waals surface area contributed by atoms with E-state index in [1.165, 1.54) is 49.0 Å². The summed E-state index contributed by atoms with van der Waals surface area (Å²) in [4.78, 5) is 28.4. The summed E-state index contributed by atoms with van der Waals surface area (Å²) in [6.07, 6.45) is 9.63. The number of rotatable bonds is 11. The molecule has 2 aromatic carbocycles. The average molecular weight is 614 g/mol. The lowest BCUT2D eigenvalue weighted by atomic mass is 9.48. The van der Waals surface area contributed by atoms with Crippen LogP contribution < -0.4 is 9.62 Å². The summed E-state index contributed by atoms with van der Waals surface area (Å²) in [5.74, 6) is 1.69. The Hall–Kier alpha value is -2.58. The third kappa shape index (κ3) is 6.65. The van der Waals surface area contributed by atoms with Crippen molar-refractivity contribution in [3.8, 4) is 0 Å². The van der Waals surface area contributed by atoms with Crippen molar-refractivity contribution in [2.75, 3.05) is 17.1 Å². The molecule has 0 aliphatic heterocycles. The van der Waals surface area contributed by atoms with Crippen LogP contribution in [0, 0.1) is 17.8 Å². The first-order valence-corrected chi connectivity index (χ1v) is 17.5. The molecular weight excluding hydrogens is 570 g/mol. The molecule has 4 aliphatic carbocycles. The van der Waals surface area contributed by atoms with E-state index in [-0.39, 0.29) is 23.9 Å². The van der Waals surface area contributed by atoms with E-state index in [1.54, 1.807) is 25.1 Å². The molecule has 2 aromatic rings. The Morgan fingerprint density at radius 3 is 2.12 bits per heavy atom. The van der Waals surface area contributed by atoms with E-state index < -0.39 is 28.5 Å². The summed E-state index contributed by atoms with van der Waals surface area (Å²) < 4.78 is 27.2. The van der Waals surface area contributed by atoms with Gasteiger partial charge in [-0.15, -0.1) is 0 Å². The molecule has 7 nitrogen and oxygen atoms in total. The number of nitrogens with one attached hydrogen (secondary N) is 1. The Bertz CT molecular complexity index is 1380. The number of sulfonamides is 1. The highest BCUT2D eigenvalue weighted by Gasteiger charge is 2.51. The zero-order valence-electron chi connectivity index (χ0n) is 25.2. The minimum Gasteiger partial charge on any atom is -0.352 e. The highest BCUT2D eigenvalue weighted by molar-refractivity contribution is 7.92. The predicted molar refractivity (Wildman–Crippen MR) is 168 cm³/mol. The first-order chi connectivity index (χ1) is 19.9. The molecule has 4 aliphatic rings. The molecule has 0 spiro atoms. The monoisotopic (exact) mass is 613 g/mol. The van der Waals surface area contributed by atoms with Gasteiger partial charge < -0.3 is 10.2 Å². The van der Waals surface area contributed by atoms with Crippen molar-refractivity contribution in [3.05, 3.63) is 64.7 Å². The Labute approximate surface area is 256 Å². The van der Waals surface area contributed by atoms with E-state index >= 15 is 0 Å². The van der Waals surface area contributed by atoms with Gasteiger partial charge in [0.25, 0.3) is 0 Å². The highest BCUT2D eigenvalue weighted by Crippen LogP contribution is 2.60. The summed E-state index contributed by atoms with van der Waals surface area (Å²) in [6.45, 7) is 5.27. The molecule has 2 atom stereocenters. The predicted octanol–water partition coefficient (Wildman–Crippen LogP) is 5.91. The van der Waals surface area contributed by atoms with Crippen LogP contribution in [-0.4, -0.2) is 50.0 Å². The van der Waals surface area contributed by atoms with Crippen LogP contribution in [0.5, 0.6) is 0 Å². The standard InChI is InChI=1S/C33H44ClN3O4S/c1-5-22(2)35-32(39)23(3)36(20-24-7-6-8-29(34)16-24)31(38)21-37(42(4,40)41)30-11-9-28(10-12-30)33-17-25-13-26(18-33)15-27(14-25)19-33/h6-12,16,22-23,25-27H,5,13-15,17-21H2,1-4H3,(H,35,39)/t22-,23-,25?,26?,27?,33?/m1/s1. The molecule has 4 saturated carbocycles. The summed E-state index contributed by atoms with van der Waals surface area (Å²) in [6, 6.07) is 14.1. The van der Waals surface area contributed by atoms with Gasteiger partial charge in [0.2, 0.25) is 21.8 Å². The van der Waals surface area contributed by atoms with Crippen molar-refractivity contribution < 1.29 is 18.0 Å². The number of carbonyl (C=O) groups is 2. The molecule has 228 valence electrons. The minimum atomic E-state index is -3.79. The van der Waals surface area contributed by atoms with Gasteiger partial charge in [0, 0.05) is 17.6 Å². The fraction of sp³-hybridized carbons (Fsp3) is 0.576. The summed E-state index contributed by atoms with van der Waals surface area (Å²) in [5.41, 5.74) is 2.71. The van der Waals surface area contributed by atoms with Crippen LogP contribution in [0.3, 0.4) is 0 Å². The molecule has 4 fully saturated rings. The molecule has 0 unspecified atom stereocenters. The zero-order valence-corrected chi connectivity index (χ0v) is 26.8. The van der Waals surface area contributed by atoms with Gasteiger partial charge in [0.1, 0.15) is 12.6 Å². The molecule has 0 heterocycles. The van der Waals surface area contributed by atoms with E-state index in [1.807, 2.05) is 32.0 Å². The minimum absolute atomic E-state index is 0.0527. The normalized spacial score (nSPS) is 26.0. The maximum absolute atomic E-state index is 13.9. The second-order valence-electron chi connectivity index (χ2n) is 13.2. The molecule has 0 aromatic heterocycles. The maximum Gasteiger partial charge on any atom is 0.244 e. The number of halogens is 1. The van der Waals surface area contributed by atoms with E-state index in [0.29, 0.717) is 10.7 Å². The van der Waals surface area contributed by atoms with E-state index in [9.17, 15) is 18.0 Å². The van der Waals surface area contributed by atoms with Gasteiger partial charge in [0.15, 0.2) is 0 Å². The van der Waals surface area contributed by atoms with Crippen LogP contribution in [0.25, 0.3) is 0 Å². The van der Waals surface area contributed by atoms with Gasteiger partial charge in [0.05, 0.1) is 11.9 Å². The van der Waals surface area contributed by atoms with Crippen LogP contribution in [0.2, 0.25) is 5.02 Å². The molecule has 42 heavy (non-hydrogen) atoms. The van der Waals surface area contributed by atoms with E-state index in [4.69, 9.17) is 11.6 Å². The maximum atomic E-state index is 13.9. The van der Waals surface area contributed by atoms with Crippen molar-refractivity contribution in [1.82, 2.24) is 10.2 Å². The van der Waals surface area contributed by atoms with Crippen molar-refractivity contribution in [1.29, 1.82) is 0 Å². The van der Waals surface area contributed by atoms with Crippen LogP contribution in [0.4, 0.5) is 5.69 Å². The second-order valence-corrected chi connectivity index (χ2v) is 15.5. The van der Waals surface area contributed by atoms with Gasteiger partial charge in [-0.25, -0.2) is 8.42 Å². The SMILES string of the molecule is CC[C@@H](C)NC(=O)[C@@H](C)N(Cc1cccc(Cl)c1)C(=O)CN(c1ccc(C23CC4CC(CC(C4)C2)C3)cc1)S(C)(=O)=O. The molecule has 1 N–H and O–H groups in total. The summed E-state index contributed by atoms with van der Waals surface area (Å²) in [5, 5.41) is 3.47. The van der Waals surface area contributed by atoms with Gasteiger partial charge >= 0.3 is 0 Å². The number of nitrogens with zero attached hydrogens (tertiary/aromatic N) is 2. The van der Waals surface area contributed by atoms with Crippen LogP contribution in [0.1, 0.15) is 76.8 Å². The van der Waals surface area contributed by atoms with Crippen molar-refractivity contribution in [2.24, 2.45) is 17.8 Å². The van der Waals surface area contributed by atoms with Crippen LogP contribution in [-0.2, 0) is 31.6 Å². The van der Waals surface area contributed by atoms with Gasteiger partial charge in [-0.3, -0.25) is 13.9 Å². The first kappa shape index (κ1) is 30.9. The number of amides is 2. The Balaban J connectivity index is 1.38. The molecule has 0 saturated heterocycles. The highest BCUT2D eigenvalue weighted by atomic mass is 35.5. The largest absolute Gasteiger partial charge is 0.352 e. The fourth-order valence-electron chi connectivity index (χ4n) is 7.94. The Kier molecular flexibility index (Phi) is 8.96. The van der Waals surface area contributed by atoms with E-state index in [2.05, 4.69) is 17.4 Å². The van der Waals surface area contributed by atoms with Crippen LogP contribution >= 0.6 is 11.6 Å². The van der Waals surface area contributed by atoms with Crippen molar-refractivity contribution in [3.63, 3.8) is 0 Å². The lowest BCUT2D eigenvalue weighted by Crippen LogP contribution is -2.52. The third-order valence-corrected chi connectivity index (χ3v) is 11.3. The average Bonchev–Trinajstić information content (AvgIpc) is 2.93. The summed E-state index contributed by atoms with van der Waals surface area (Å²) in [7, 11) is -3.79. The molecule has 9 heteroatoms. The van der Waals surface area contributed by atoms with Gasteiger partial charge in [-0.2, -0.15) is 0 Å². The van der Waals surface area contributed by atoms with E-state index in [0.717, 1.165) is 40.3 Å². The Morgan fingerprint density at radius 2 is 1.60 bits per heavy atom. The number of hydrogen-bond acceptors (Lipinski definition) is 4. The number of carbonyl (C=O) groups excluding carboxylic acids is 2. The molecular formula is C33H44ClN3O4S. The Morgan fingerprint density at radius 1 is 1.00 bits per heavy atom. The second kappa shape index (κ2) is 12.2. The number of hydrogen-bond donors (Lipinski definition) is 1. The molecule has 4 bridgehead atoms. The fourth-order valence-corrected chi connectivity index (χ4v) is 9.00. The quantitative estimate of drug-likeness (QED) is 0.342. The summed E-state index contributed by atoms with van der Waals surface area (Å²) >= 11 is 6.20. The molecule has 0 radical (unpaired) electrons. The smallest absolute Gasteiger partial charge is 0.244 e. The zero-order chi connectivity index (χ0) is 30.2.